The first kappa shape index (κ1) is 20.0. The molecule has 28 heavy (non-hydrogen) atoms. The Balaban J connectivity index is 1.86. The van der Waals surface area contributed by atoms with Crippen molar-refractivity contribution in [2.45, 2.75) is 19.4 Å². The highest BCUT2D eigenvalue weighted by atomic mass is 32.2. The van der Waals surface area contributed by atoms with Gasteiger partial charge >= 0.3 is 0 Å². The highest BCUT2D eigenvalue weighted by Crippen LogP contribution is 2.38. The molecular formula is C19H23N3O5S. The number of carbonyl (C=O) groups excluding carboxylic acids is 1. The number of rotatable bonds is 7. The summed E-state index contributed by atoms with van der Waals surface area (Å²) in [5.41, 5.74) is 3.14. The Morgan fingerprint density at radius 3 is 2.29 bits per heavy atom. The number of amides is 1. The summed E-state index contributed by atoms with van der Waals surface area (Å²) in [5, 5.41) is 0. The molecule has 8 nitrogen and oxygen atoms in total. The second kappa shape index (κ2) is 8.07. The van der Waals surface area contributed by atoms with E-state index in [0.717, 1.165) is 16.8 Å². The maximum absolute atomic E-state index is 12.6. The Hall–Kier alpha value is -2.78. The van der Waals surface area contributed by atoms with E-state index in [1.165, 1.54) is 7.05 Å². The van der Waals surface area contributed by atoms with Gasteiger partial charge in [0.25, 0.3) is 10.2 Å². The number of benzene rings is 2. The highest BCUT2D eigenvalue weighted by Gasteiger charge is 2.26. The minimum Gasteiger partial charge on any atom is -0.493 e. The molecule has 0 atom stereocenters. The van der Waals surface area contributed by atoms with Gasteiger partial charge in [0.15, 0.2) is 11.5 Å². The van der Waals surface area contributed by atoms with Gasteiger partial charge in [-0.25, -0.2) is 4.72 Å². The van der Waals surface area contributed by atoms with Gasteiger partial charge in [0, 0.05) is 25.2 Å². The lowest BCUT2D eigenvalue weighted by Gasteiger charge is -2.30. The Kier molecular flexibility index (Phi) is 5.76. The number of methoxy groups -OCH3 is 2. The van der Waals surface area contributed by atoms with Crippen molar-refractivity contribution in [2.75, 3.05) is 30.9 Å². The van der Waals surface area contributed by atoms with Gasteiger partial charge in [-0.3, -0.25) is 9.52 Å². The molecule has 1 aliphatic rings. The molecule has 2 N–H and O–H groups in total. The van der Waals surface area contributed by atoms with Gasteiger partial charge in [-0.05, 0) is 35.7 Å². The van der Waals surface area contributed by atoms with E-state index >= 15 is 0 Å². The topological polar surface area (TPSA) is 97.0 Å². The van der Waals surface area contributed by atoms with Crippen LogP contribution in [0.3, 0.4) is 0 Å². The third kappa shape index (κ3) is 4.20. The summed E-state index contributed by atoms with van der Waals surface area (Å²) in [6.07, 6.45) is 1.07. The van der Waals surface area contributed by atoms with E-state index in [2.05, 4.69) is 9.44 Å². The van der Waals surface area contributed by atoms with Crippen molar-refractivity contribution in [3.63, 3.8) is 0 Å². The lowest BCUT2D eigenvalue weighted by molar-refractivity contribution is -0.119. The fourth-order valence-corrected chi connectivity index (χ4v) is 3.66. The second-order valence-electron chi connectivity index (χ2n) is 6.32. The van der Waals surface area contributed by atoms with Gasteiger partial charge in [-0.15, -0.1) is 0 Å². The summed E-state index contributed by atoms with van der Waals surface area (Å²) in [4.78, 5) is 14.3. The van der Waals surface area contributed by atoms with Crippen molar-refractivity contribution in [1.82, 2.24) is 4.72 Å². The Bertz CT molecular complexity index is 974. The zero-order valence-electron chi connectivity index (χ0n) is 16.0. The van der Waals surface area contributed by atoms with Crippen LogP contribution in [0.15, 0.2) is 36.4 Å². The minimum atomic E-state index is -3.57. The fourth-order valence-electron chi connectivity index (χ4n) is 3.11. The van der Waals surface area contributed by atoms with Gasteiger partial charge in [0.1, 0.15) is 0 Å². The van der Waals surface area contributed by atoms with E-state index in [9.17, 15) is 13.2 Å². The van der Waals surface area contributed by atoms with E-state index in [1.54, 1.807) is 43.4 Å². The molecule has 0 aliphatic carbocycles. The standard InChI is InChI=1S/C19H23N3O5S/c1-20-28(24,25)21-15-7-4-13(5-8-15)12-22-16-11-18(27-3)17(26-2)10-14(16)6-9-19(22)23/h4-5,7-8,10-11,20-21H,6,9,12H2,1-3H3. The zero-order valence-corrected chi connectivity index (χ0v) is 16.8. The lowest BCUT2D eigenvalue weighted by Crippen LogP contribution is -2.34. The molecule has 0 radical (unpaired) electrons. The number of anilines is 2. The first-order valence-electron chi connectivity index (χ1n) is 8.72. The third-order valence-corrected chi connectivity index (χ3v) is 5.64. The molecule has 0 aromatic heterocycles. The van der Waals surface area contributed by atoms with Crippen LogP contribution in [-0.2, 0) is 28.0 Å². The summed E-state index contributed by atoms with van der Waals surface area (Å²) in [7, 11) is 0.910. The van der Waals surface area contributed by atoms with Crippen LogP contribution in [-0.4, -0.2) is 35.6 Å². The maximum Gasteiger partial charge on any atom is 0.298 e. The van der Waals surface area contributed by atoms with E-state index in [0.29, 0.717) is 36.6 Å². The molecule has 0 saturated heterocycles. The predicted octanol–water partition coefficient (Wildman–Crippen LogP) is 2.06. The number of hydrogen-bond acceptors (Lipinski definition) is 5. The molecule has 0 spiro atoms. The Labute approximate surface area is 164 Å². The molecule has 9 heteroatoms. The summed E-state index contributed by atoms with van der Waals surface area (Å²) < 4.78 is 38.5. The molecule has 2 aromatic rings. The number of carbonyl (C=O) groups is 1. The van der Waals surface area contributed by atoms with Crippen LogP contribution in [0.5, 0.6) is 11.5 Å². The highest BCUT2D eigenvalue weighted by molar-refractivity contribution is 7.90. The molecule has 1 aliphatic heterocycles. The maximum atomic E-state index is 12.6. The number of hydrogen-bond donors (Lipinski definition) is 2. The summed E-state index contributed by atoms with van der Waals surface area (Å²) in [6.45, 7) is 0.375. The van der Waals surface area contributed by atoms with Gasteiger partial charge in [0.05, 0.1) is 26.5 Å². The van der Waals surface area contributed by atoms with E-state index < -0.39 is 10.2 Å². The van der Waals surface area contributed by atoms with Crippen LogP contribution in [0.2, 0.25) is 0 Å². The van der Waals surface area contributed by atoms with Crippen LogP contribution < -0.4 is 23.8 Å². The van der Waals surface area contributed by atoms with Gasteiger partial charge in [0.2, 0.25) is 5.91 Å². The molecule has 1 heterocycles. The van der Waals surface area contributed by atoms with Gasteiger partial charge < -0.3 is 14.4 Å². The van der Waals surface area contributed by atoms with E-state index in [4.69, 9.17) is 9.47 Å². The second-order valence-corrected chi connectivity index (χ2v) is 7.94. The normalized spacial score (nSPS) is 13.8. The quantitative estimate of drug-likeness (QED) is 0.735. The first-order valence-corrected chi connectivity index (χ1v) is 10.2. The number of nitrogens with one attached hydrogen (secondary N) is 2. The SMILES string of the molecule is CNS(=O)(=O)Nc1ccc(CN2C(=O)CCc3cc(OC)c(OC)cc32)cc1. The average molecular weight is 405 g/mol. The van der Waals surface area contributed by atoms with Crippen LogP contribution >= 0.6 is 0 Å². The average Bonchev–Trinajstić information content (AvgIpc) is 2.70. The Morgan fingerprint density at radius 2 is 1.68 bits per heavy atom. The zero-order chi connectivity index (χ0) is 20.3. The summed E-state index contributed by atoms with van der Waals surface area (Å²) >= 11 is 0. The van der Waals surface area contributed by atoms with Crippen molar-refractivity contribution >= 4 is 27.5 Å². The smallest absolute Gasteiger partial charge is 0.298 e. The molecule has 3 rings (SSSR count). The van der Waals surface area contributed by atoms with Crippen molar-refractivity contribution in [2.24, 2.45) is 0 Å². The molecule has 0 saturated carbocycles. The van der Waals surface area contributed by atoms with Crippen molar-refractivity contribution in [3.8, 4) is 11.5 Å². The fraction of sp³-hybridized carbons (Fsp3) is 0.316. The third-order valence-electron chi connectivity index (χ3n) is 4.60. The largest absolute Gasteiger partial charge is 0.493 e. The number of ether oxygens (including phenoxy) is 2. The van der Waals surface area contributed by atoms with Gasteiger partial charge in [-0.2, -0.15) is 8.42 Å². The van der Waals surface area contributed by atoms with Crippen LogP contribution in [0.25, 0.3) is 0 Å². The summed E-state index contributed by atoms with van der Waals surface area (Å²) in [6, 6.07) is 10.6. The van der Waals surface area contributed by atoms with Crippen molar-refractivity contribution < 1.29 is 22.7 Å². The predicted molar refractivity (Wildman–Crippen MR) is 107 cm³/mol. The number of aryl methyl sites for hydroxylation is 1. The molecule has 0 unspecified atom stereocenters. The molecule has 150 valence electrons. The molecule has 0 fully saturated rings. The Morgan fingerprint density at radius 1 is 1.04 bits per heavy atom. The van der Waals surface area contributed by atoms with Crippen LogP contribution in [0.4, 0.5) is 11.4 Å². The number of nitrogens with zero attached hydrogens (tertiary/aromatic N) is 1. The van der Waals surface area contributed by atoms with Crippen LogP contribution in [0.1, 0.15) is 17.5 Å². The monoisotopic (exact) mass is 405 g/mol. The van der Waals surface area contributed by atoms with Gasteiger partial charge in [-0.1, -0.05) is 12.1 Å². The van der Waals surface area contributed by atoms with E-state index in [1.807, 2.05) is 12.1 Å². The van der Waals surface area contributed by atoms with E-state index in [-0.39, 0.29) is 5.91 Å². The molecule has 0 bridgehead atoms. The minimum absolute atomic E-state index is 0.0275. The van der Waals surface area contributed by atoms with Crippen LogP contribution in [0, 0.1) is 0 Å². The molecule has 1 amide bonds. The van der Waals surface area contributed by atoms with Crippen molar-refractivity contribution in [3.05, 3.63) is 47.5 Å². The lowest BCUT2D eigenvalue weighted by atomic mass is 9.99. The summed E-state index contributed by atoms with van der Waals surface area (Å²) in [5.74, 6) is 1.23. The molecular weight excluding hydrogens is 382 g/mol. The molecule has 2 aromatic carbocycles. The van der Waals surface area contributed by atoms with Crippen molar-refractivity contribution in [1.29, 1.82) is 0 Å². The first-order chi connectivity index (χ1) is 13.4. The number of fused-ring (bicyclic) bond motifs is 1.